The summed E-state index contributed by atoms with van der Waals surface area (Å²) in [6, 6.07) is 4.40. The summed E-state index contributed by atoms with van der Waals surface area (Å²) in [4.78, 5) is 40.3. The van der Waals surface area contributed by atoms with Crippen molar-refractivity contribution >= 4 is 23.4 Å². The van der Waals surface area contributed by atoms with Crippen molar-refractivity contribution in [1.82, 2.24) is 14.8 Å². The molecule has 1 spiro atoms. The lowest BCUT2D eigenvalue weighted by Gasteiger charge is -2.56. The molecule has 0 radical (unpaired) electrons. The number of benzene rings is 1. The third kappa shape index (κ3) is 3.89. The van der Waals surface area contributed by atoms with Gasteiger partial charge in [0.05, 0.1) is 16.7 Å². The molecule has 1 saturated carbocycles. The summed E-state index contributed by atoms with van der Waals surface area (Å²) < 4.78 is 21.3. The molecule has 4 rings (SSSR count). The number of carbonyl (C=O) groups excluding carboxylic acids is 2. The van der Waals surface area contributed by atoms with Gasteiger partial charge >= 0.3 is 0 Å². The summed E-state index contributed by atoms with van der Waals surface area (Å²) in [5.41, 5.74) is -1.76. The molecule has 2 aliphatic rings. The van der Waals surface area contributed by atoms with Gasteiger partial charge in [0.2, 0.25) is 5.43 Å². The Hall–Kier alpha value is -2.91. The van der Waals surface area contributed by atoms with Gasteiger partial charge in [-0.2, -0.15) is 0 Å². The Balaban J connectivity index is 1.63. The van der Waals surface area contributed by atoms with E-state index >= 15 is 0 Å². The van der Waals surface area contributed by atoms with Crippen LogP contribution in [-0.2, 0) is 17.8 Å². The van der Waals surface area contributed by atoms with E-state index in [-0.39, 0.29) is 34.5 Å². The van der Waals surface area contributed by atoms with E-state index in [2.05, 4.69) is 5.32 Å². The van der Waals surface area contributed by atoms with Crippen LogP contribution in [0.4, 0.5) is 4.39 Å². The standard InChI is InChI=1S/C23H25ClFN3O5/c1-3-28-22(32)18-20(30)19(29)15(11-27(18)12-23(28)8-14(9-23)33-4-2)21(31)26-10-13-6-5-7-16(24)17(13)25/h5-7,11,14,30H,3-4,8-10,12H2,1-2H3,(H,26,31)/t14-,23-. The summed E-state index contributed by atoms with van der Waals surface area (Å²) in [5, 5.41) is 13.0. The van der Waals surface area contributed by atoms with E-state index in [1.54, 1.807) is 11.0 Å². The normalized spacial score (nSPS) is 21.6. The highest BCUT2D eigenvalue weighted by Gasteiger charge is 2.54. The molecule has 1 fully saturated rings. The van der Waals surface area contributed by atoms with Gasteiger partial charge in [-0.3, -0.25) is 14.4 Å². The Bertz CT molecular complexity index is 1180. The Morgan fingerprint density at radius 1 is 1.33 bits per heavy atom. The van der Waals surface area contributed by atoms with Crippen LogP contribution in [0.15, 0.2) is 29.2 Å². The molecule has 2 heterocycles. The number of nitrogens with one attached hydrogen (secondary N) is 1. The van der Waals surface area contributed by atoms with Gasteiger partial charge in [-0.05, 0) is 32.8 Å². The summed E-state index contributed by atoms with van der Waals surface area (Å²) in [7, 11) is 0. The topological polar surface area (TPSA) is 101 Å². The van der Waals surface area contributed by atoms with Gasteiger partial charge < -0.3 is 24.6 Å². The monoisotopic (exact) mass is 477 g/mol. The number of aromatic hydroxyl groups is 1. The van der Waals surface area contributed by atoms with Gasteiger partial charge in [0.1, 0.15) is 11.4 Å². The van der Waals surface area contributed by atoms with Crippen LogP contribution in [0.1, 0.15) is 53.1 Å². The fourth-order valence-electron chi connectivity index (χ4n) is 4.83. The summed E-state index contributed by atoms with van der Waals surface area (Å²) >= 11 is 5.77. The Morgan fingerprint density at radius 2 is 2.06 bits per heavy atom. The first kappa shape index (κ1) is 23.3. The van der Waals surface area contributed by atoms with E-state index in [0.29, 0.717) is 32.5 Å². The largest absolute Gasteiger partial charge is 0.503 e. The molecule has 0 bridgehead atoms. The smallest absolute Gasteiger partial charge is 0.275 e. The quantitative estimate of drug-likeness (QED) is 0.666. The van der Waals surface area contributed by atoms with Crippen molar-refractivity contribution in [2.45, 2.75) is 51.4 Å². The molecule has 1 aliphatic heterocycles. The molecule has 0 unspecified atom stereocenters. The molecule has 0 atom stereocenters. The molecular weight excluding hydrogens is 453 g/mol. The maximum absolute atomic E-state index is 14.1. The van der Waals surface area contributed by atoms with E-state index in [1.807, 2.05) is 13.8 Å². The van der Waals surface area contributed by atoms with E-state index in [4.69, 9.17) is 16.3 Å². The third-order valence-corrected chi connectivity index (χ3v) is 6.68. The molecular formula is C23H25ClFN3O5. The number of ether oxygens (including phenoxy) is 1. The van der Waals surface area contributed by atoms with Crippen molar-refractivity contribution in [3.8, 4) is 5.75 Å². The van der Waals surface area contributed by atoms with Gasteiger partial charge in [-0.25, -0.2) is 4.39 Å². The van der Waals surface area contributed by atoms with Crippen LogP contribution in [0.25, 0.3) is 0 Å². The third-order valence-electron chi connectivity index (χ3n) is 6.39. The maximum Gasteiger partial charge on any atom is 0.275 e. The minimum absolute atomic E-state index is 0.0294. The van der Waals surface area contributed by atoms with E-state index < -0.39 is 34.3 Å². The van der Waals surface area contributed by atoms with Crippen LogP contribution in [0.2, 0.25) is 5.02 Å². The number of fused-ring (bicyclic) bond motifs is 1. The molecule has 2 aromatic rings. The van der Waals surface area contributed by atoms with Crippen LogP contribution in [-0.4, -0.2) is 51.2 Å². The van der Waals surface area contributed by atoms with E-state index in [0.717, 1.165) is 0 Å². The number of hydrogen-bond acceptors (Lipinski definition) is 5. The molecule has 1 aromatic heterocycles. The second-order valence-corrected chi connectivity index (χ2v) is 8.76. The Labute approximate surface area is 194 Å². The van der Waals surface area contributed by atoms with Crippen molar-refractivity contribution in [2.24, 2.45) is 0 Å². The minimum atomic E-state index is -0.952. The second-order valence-electron chi connectivity index (χ2n) is 8.35. The lowest BCUT2D eigenvalue weighted by atomic mass is 9.71. The predicted molar refractivity (Wildman–Crippen MR) is 119 cm³/mol. The number of rotatable bonds is 6. The van der Waals surface area contributed by atoms with E-state index in [9.17, 15) is 23.9 Å². The number of hydrogen-bond donors (Lipinski definition) is 2. The first-order chi connectivity index (χ1) is 15.7. The fourth-order valence-corrected chi connectivity index (χ4v) is 5.03. The molecule has 33 heavy (non-hydrogen) atoms. The number of halogens is 2. The SMILES string of the molecule is CCO[C@H]1C[C@@]2(Cn3cc(C(=O)NCc4cccc(Cl)c4F)c(=O)c(O)c3C(=O)N2CC)C1. The van der Waals surface area contributed by atoms with Gasteiger partial charge in [0.15, 0.2) is 11.4 Å². The first-order valence-corrected chi connectivity index (χ1v) is 11.2. The van der Waals surface area contributed by atoms with Crippen molar-refractivity contribution in [1.29, 1.82) is 0 Å². The second kappa shape index (κ2) is 8.79. The lowest BCUT2D eigenvalue weighted by Crippen LogP contribution is -2.66. The van der Waals surface area contributed by atoms with Crippen LogP contribution in [0.3, 0.4) is 0 Å². The first-order valence-electron chi connectivity index (χ1n) is 10.8. The van der Waals surface area contributed by atoms with Gasteiger partial charge in [-0.1, -0.05) is 23.7 Å². The van der Waals surface area contributed by atoms with E-state index in [1.165, 1.54) is 22.9 Å². The predicted octanol–water partition coefficient (Wildman–Crippen LogP) is 2.69. The van der Waals surface area contributed by atoms with Crippen molar-refractivity contribution < 1.29 is 23.8 Å². The number of amides is 2. The molecule has 2 N–H and O–H groups in total. The number of aromatic nitrogens is 1. The maximum atomic E-state index is 14.1. The molecule has 10 heteroatoms. The van der Waals surface area contributed by atoms with Crippen LogP contribution < -0.4 is 10.7 Å². The summed E-state index contributed by atoms with van der Waals surface area (Å²) in [6.45, 7) is 4.86. The average Bonchev–Trinajstić information content (AvgIpc) is 2.76. The number of likely N-dealkylation sites (N-methyl/N-ethyl adjacent to an activating group) is 1. The zero-order valence-corrected chi connectivity index (χ0v) is 19.1. The van der Waals surface area contributed by atoms with Gasteiger partial charge in [0, 0.05) is 38.0 Å². The molecule has 0 saturated heterocycles. The molecule has 8 nitrogen and oxygen atoms in total. The molecule has 176 valence electrons. The summed E-state index contributed by atoms with van der Waals surface area (Å²) in [6.07, 6.45) is 2.58. The fraction of sp³-hybridized carbons (Fsp3) is 0.435. The van der Waals surface area contributed by atoms with Crippen LogP contribution in [0, 0.1) is 5.82 Å². The molecule has 2 amide bonds. The summed E-state index contributed by atoms with van der Waals surface area (Å²) in [5.74, 6) is -2.67. The van der Waals surface area contributed by atoms with Crippen molar-refractivity contribution in [3.05, 3.63) is 62.3 Å². The molecule has 1 aliphatic carbocycles. The zero-order valence-electron chi connectivity index (χ0n) is 18.4. The minimum Gasteiger partial charge on any atom is -0.503 e. The van der Waals surface area contributed by atoms with Crippen molar-refractivity contribution in [3.63, 3.8) is 0 Å². The van der Waals surface area contributed by atoms with Gasteiger partial charge in [-0.15, -0.1) is 0 Å². The zero-order chi connectivity index (χ0) is 23.9. The number of nitrogens with zero attached hydrogens (tertiary/aromatic N) is 2. The lowest BCUT2D eigenvalue weighted by molar-refractivity contribution is -0.103. The Morgan fingerprint density at radius 3 is 2.73 bits per heavy atom. The average molecular weight is 478 g/mol. The van der Waals surface area contributed by atoms with Gasteiger partial charge in [0.25, 0.3) is 11.8 Å². The number of pyridine rings is 1. The highest BCUT2D eigenvalue weighted by Crippen LogP contribution is 2.44. The highest BCUT2D eigenvalue weighted by atomic mass is 35.5. The van der Waals surface area contributed by atoms with Crippen LogP contribution >= 0.6 is 11.6 Å². The molecule has 1 aromatic carbocycles. The number of carbonyl (C=O) groups is 2. The van der Waals surface area contributed by atoms with Crippen LogP contribution in [0.5, 0.6) is 5.75 Å². The highest BCUT2D eigenvalue weighted by molar-refractivity contribution is 6.30. The Kier molecular flexibility index (Phi) is 6.20. The van der Waals surface area contributed by atoms with Crippen molar-refractivity contribution in [2.75, 3.05) is 13.2 Å².